The van der Waals surface area contributed by atoms with Crippen LogP contribution in [-0.2, 0) is 19.7 Å². The predicted molar refractivity (Wildman–Crippen MR) is 135 cm³/mol. The summed E-state index contributed by atoms with van der Waals surface area (Å²) in [6.45, 7) is 13.3. The van der Waals surface area contributed by atoms with Crippen LogP contribution in [-0.4, -0.2) is 47.7 Å². The zero-order valence-corrected chi connectivity index (χ0v) is 21.8. The first-order chi connectivity index (χ1) is 15.7. The number of halogens is 1. The zero-order chi connectivity index (χ0) is 24.0. The van der Waals surface area contributed by atoms with Gasteiger partial charge >= 0.3 is 5.97 Å². The summed E-state index contributed by atoms with van der Waals surface area (Å²) in [4.78, 5) is 19.0. The minimum Gasteiger partial charge on any atom is -0.466 e. The normalized spacial score (nSPS) is 15.0. The molecule has 0 spiro atoms. The van der Waals surface area contributed by atoms with Crippen molar-refractivity contribution in [1.29, 1.82) is 0 Å². The van der Waals surface area contributed by atoms with Crippen molar-refractivity contribution in [2.24, 2.45) is 5.92 Å². The van der Waals surface area contributed by atoms with Crippen molar-refractivity contribution >= 4 is 45.6 Å². The van der Waals surface area contributed by atoms with E-state index in [2.05, 4.69) is 65.5 Å². The minimum atomic E-state index is -0.387. The van der Waals surface area contributed by atoms with Crippen molar-refractivity contribution in [3.05, 3.63) is 29.0 Å². The lowest BCUT2D eigenvalue weighted by Crippen LogP contribution is -2.42. The van der Waals surface area contributed by atoms with E-state index in [1.165, 1.54) is 11.5 Å². The Morgan fingerprint density at radius 3 is 2.70 bits per heavy atom. The standard InChI is InChI=1S/C24H35ClN4O3S/c1-6-32-21(30)14-24(4,5)17-7-8-20(19(13-17)26-23-27-22(25)28-33-23)29(15-16(2)3)18-9-11-31-12-10-18/h7-8,13,16,18H,6,9-12,14-15H2,1-5H3,(H,26,27,28). The van der Waals surface area contributed by atoms with E-state index in [0.717, 1.165) is 49.5 Å². The molecule has 0 saturated carbocycles. The topological polar surface area (TPSA) is 76.6 Å². The molecule has 7 nitrogen and oxygen atoms in total. The van der Waals surface area contributed by atoms with Crippen molar-refractivity contribution in [2.45, 2.75) is 65.3 Å². The number of hydrogen-bond donors (Lipinski definition) is 1. The number of esters is 1. The Labute approximate surface area is 206 Å². The SMILES string of the molecule is CCOC(=O)CC(C)(C)c1ccc(N(CC(C)C)C2CCOCC2)c(Nc2nc(Cl)ns2)c1. The molecule has 0 amide bonds. The fourth-order valence-electron chi connectivity index (χ4n) is 4.19. The van der Waals surface area contributed by atoms with Gasteiger partial charge in [0.2, 0.25) is 10.4 Å². The van der Waals surface area contributed by atoms with Gasteiger partial charge in [-0.1, -0.05) is 33.8 Å². The van der Waals surface area contributed by atoms with Gasteiger partial charge in [0.15, 0.2) is 0 Å². The largest absolute Gasteiger partial charge is 0.466 e. The molecule has 0 unspecified atom stereocenters. The van der Waals surface area contributed by atoms with Gasteiger partial charge in [-0.05, 0) is 55.0 Å². The van der Waals surface area contributed by atoms with Gasteiger partial charge in [-0.2, -0.15) is 9.36 Å². The number of ether oxygens (including phenoxy) is 2. The van der Waals surface area contributed by atoms with Crippen LogP contribution in [0.1, 0.15) is 59.4 Å². The summed E-state index contributed by atoms with van der Waals surface area (Å²) in [6.07, 6.45) is 2.29. The Bertz CT molecular complexity index is 928. The fraction of sp³-hybridized carbons (Fsp3) is 0.625. The maximum atomic E-state index is 12.2. The summed E-state index contributed by atoms with van der Waals surface area (Å²) in [6, 6.07) is 6.80. The van der Waals surface area contributed by atoms with Gasteiger partial charge in [0, 0.05) is 42.7 Å². The number of anilines is 3. The number of rotatable bonds is 10. The molecule has 1 saturated heterocycles. The van der Waals surface area contributed by atoms with Crippen LogP contribution >= 0.6 is 23.1 Å². The molecule has 0 atom stereocenters. The second-order valence-corrected chi connectivity index (χ2v) is 10.6. The van der Waals surface area contributed by atoms with Crippen molar-refractivity contribution in [3.63, 3.8) is 0 Å². The number of benzene rings is 1. The second-order valence-electron chi connectivity index (χ2n) is 9.48. The fourth-order valence-corrected chi connectivity index (χ4v) is 4.91. The molecule has 1 aliphatic rings. The van der Waals surface area contributed by atoms with E-state index in [9.17, 15) is 4.79 Å². The molecule has 0 aliphatic carbocycles. The Balaban J connectivity index is 2.00. The van der Waals surface area contributed by atoms with Gasteiger partial charge in [-0.3, -0.25) is 4.79 Å². The smallest absolute Gasteiger partial charge is 0.306 e. The molecular weight excluding hydrogens is 460 g/mol. The number of nitrogens with one attached hydrogen (secondary N) is 1. The first-order valence-corrected chi connectivity index (χ1v) is 12.8. The van der Waals surface area contributed by atoms with Gasteiger partial charge in [-0.15, -0.1) is 0 Å². The molecule has 9 heteroatoms. The van der Waals surface area contributed by atoms with Crippen molar-refractivity contribution in [2.75, 3.05) is 36.6 Å². The monoisotopic (exact) mass is 494 g/mol. The van der Waals surface area contributed by atoms with E-state index in [1.54, 1.807) is 0 Å². The van der Waals surface area contributed by atoms with Crippen LogP contribution in [0.25, 0.3) is 0 Å². The van der Waals surface area contributed by atoms with Gasteiger partial charge in [0.1, 0.15) is 0 Å². The highest BCUT2D eigenvalue weighted by Gasteiger charge is 2.29. The molecule has 1 aliphatic heterocycles. The summed E-state index contributed by atoms with van der Waals surface area (Å²) in [5, 5.41) is 4.31. The highest BCUT2D eigenvalue weighted by Crippen LogP contribution is 2.38. The third kappa shape index (κ3) is 7.04. The number of nitrogens with zero attached hydrogens (tertiary/aromatic N) is 3. The maximum Gasteiger partial charge on any atom is 0.306 e. The van der Waals surface area contributed by atoms with Crippen LogP contribution in [0.2, 0.25) is 5.28 Å². The van der Waals surface area contributed by atoms with Crippen LogP contribution in [0.4, 0.5) is 16.5 Å². The Morgan fingerprint density at radius 2 is 2.09 bits per heavy atom. The van der Waals surface area contributed by atoms with Crippen molar-refractivity contribution < 1.29 is 14.3 Å². The molecule has 2 heterocycles. The summed E-state index contributed by atoms with van der Waals surface area (Å²) in [5.74, 6) is 0.303. The minimum absolute atomic E-state index is 0.194. The van der Waals surface area contributed by atoms with Crippen LogP contribution in [0.3, 0.4) is 0 Å². The van der Waals surface area contributed by atoms with E-state index < -0.39 is 0 Å². The van der Waals surface area contributed by atoms with Crippen LogP contribution < -0.4 is 10.2 Å². The Hall–Kier alpha value is -1.90. The molecule has 33 heavy (non-hydrogen) atoms. The van der Waals surface area contributed by atoms with E-state index in [1.807, 2.05) is 6.92 Å². The highest BCUT2D eigenvalue weighted by molar-refractivity contribution is 7.10. The van der Waals surface area contributed by atoms with E-state index >= 15 is 0 Å². The number of carbonyl (C=O) groups is 1. The summed E-state index contributed by atoms with van der Waals surface area (Å²) < 4.78 is 14.9. The van der Waals surface area contributed by atoms with Crippen LogP contribution in [0.15, 0.2) is 18.2 Å². The second kappa shape index (κ2) is 11.5. The quantitative estimate of drug-likeness (QED) is 0.418. The van der Waals surface area contributed by atoms with E-state index in [-0.39, 0.29) is 16.7 Å². The molecule has 1 N–H and O–H groups in total. The molecule has 1 fully saturated rings. The lowest BCUT2D eigenvalue weighted by molar-refractivity contribution is -0.144. The van der Waals surface area contributed by atoms with Crippen LogP contribution in [0, 0.1) is 5.92 Å². The summed E-state index contributed by atoms with van der Waals surface area (Å²) in [7, 11) is 0. The van der Waals surface area contributed by atoms with Crippen molar-refractivity contribution in [1.82, 2.24) is 9.36 Å². The number of hydrogen-bond acceptors (Lipinski definition) is 8. The average Bonchev–Trinajstić information content (AvgIpc) is 3.17. The molecule has 2 aromatic rings. The molecule has 182 valence electrons. The molecule has 3 rings (SSSR count). The molecule has 1 aromatic carbocycles. The maximum absolute atomic E-state index is 12.2. The van der Waals surface area contributed by atoms with Crippen LogP contribution in [0.5, 0.6) is 0 Å². The van der Waals surface area contributed by atoms with E-state index in [4.69, 9.17) is 21.1 Å². The van der Waals surface area contributed by atoms with Gasteiger partial charge in [0.25, 0.3) is 0 Å². The van der Waals surface area contributed by atoms with E-state index in [0.29, 0.717) is 30.1 Å². The number of carbonyl (C=O) groups excluding carboxylic acids is 1. The Morgan fingerprint density at radius 1 is 1.36 bits per heavy atom. The zero-order valence-electron chi connectivity index (χ0n) is 20.2. The third-order valence-corrected chi connectivity index (χ3v) is 6.72. The molecule has 0 radical (unpaired) electrons. The number of aromatic nitrogens is 2. The third-order valence-electron chi connectivity index (χ3n) is 5.82. The highest BCUT2D eigenvalue weighted by atomic mass is 35.5. The first kappa shape index (κ1) is 25.7. The lowest BCUT2D eigenvalue weighted by Gasteiger charge is -2.38. The van der Waals surface area contributed by atoms with Crippen molar-refractivity contribution in [3.8, 4) is 0 Å². The lowest BCUT2D eigenvalue weighted by atomic mass is 9.81. The Kier molecular flexibility index (Phi) is 8.95. The van der Waals surface area contributed by atoms with Gasteiger partial charge in [0.05, 0.1) is 24.4 Å². The predicted octanol–water partition coefficient (Wildman–Crippen LogP) is 5.81. The molecule has 1 aromatic heterocycles. The van der Waals surface area contributed by atoms with Gasteiger partial charge in [-0.25, -0.2) is 0 Å². The van der Waals surface area contributed by atoms with Gasteiger partial charge < -0.3 is 19.7 Å². The summed E-state index contributed by atoms with van der Waals surface area (Å²) in [5.41, 5.74) is 2.71. The molecule has 0 bridgehead atoms. The average molecular weight is 495 g/mol. The summed E-state index contributed by atoms with van der Waals surface area (Å²) >= 11 is 7.21. The first-order valence-electron chi connectivity index (χ1n) is 11.6. The molecular formula is C24H35ClN4O3S.